The third kappa shape index (κ3) is 20.0. The Labute approximate surface area is 194 Å². The average Bonchev–Trinajstić information content (AvgIpc) is 2.74. The first-order valence-electron chi connectivity index (χ1n) is 12.4. The van der Waals surface area contributed by atoms with Crippen LogP contribution in [-0.4, -0.2) is 48.2 Å². The smallest absolute Gasteiger partial charge is 0.325 e. The number of amides is 2. The number of carbonyl (C=O) groups is 3. The van der Waals surface area contributed by atoms with Gasteiger partial charge in [-0.05, 0) is 12.8 Å². The summed E-state index contributed by atoms with van der Waals surface area (Å²) in [5.74, 6) is -1.27. The molecule has 0 spiro atoms. The van der Waals surface area contributed by atoms with Crippen molar-refractivity contribution in [3.63, 3.8) is 0 Å². The molecule has 0 bridgehead atoms. The van der Waals surface area contributed by atoms with Crippen molar-refractivity contribution in [1.82, 2.24) is 10.6 Å². The fraction of sp³-hybridized carbons (Fsp3) is 0.800. The summed E-state index contributed by atoms with van der Waals surface area (Å²) in [7, 11) is 0. The SMILES string of the molecule is CCCCCCCCCCCCCC/C=C/C(O)C(COC(=O)CNC(C)=O)NC(C)=O. The van der Waals surface area contributed by atoms with Crippen molar-refractivity contribution >= 4 is 17.8 Å². The molecule has 0 radical (unpaired) electrons. The maximum absolute atomic E-state index is 11.6. The predicted octanol–water partition coefficient (Wildman–Crippen LogP) is 4.18. The van der Waals surface area contributed by atoms with E-state index in [2.05, 4.69) is 17.6 Å². The highest BCUT2D eigenvalue weighted by molar-refractivity contribution is 5.80. The molecular weight excluding hydrogens is 408 g/mol. The van der Waals surface area contributed by atoms with Gasteiger partial charge in [-0.2, -0.15) is 0 Å². The van der Waals surface area contributed by atoms with Crippen molar-refractivity contribution in [3.8, 4) is 0 Å². The molecule has 0 saturated carbocycles. The molecule has 2 amide bonds. The van der Waals surface area contributed by atoms with E-state index in [0.29, 0.717) is 0 Å². The number of rotatable bonds is 20. The average molecular weight is 455 g/mol. The lowest BCUT2D eigenvalue weighted by Crippen LogP contribution is -2.45. The monoisotopic (exact) mass is 454 g/mol. The molecule has 2 atom stereocenters. The number of hydrogen-bond donors (Lipinski definition) is 3. The van der Waals surface area contributed by atoms with Crippen LogP contribution in [0.2, 0.25) is 0 Å². The van der Waals surface area contributed by atoms with Crippen molar-refractivity contribution in [2.24, 2.45) is 0 Å². The van der Waals surface area contributed by atoms with Crippen LogP contribution >= 0.6 is 0 Å². The summed E-state index contributed by atoms with van der Waals surface area (Å²) < 4.78 is 5.04. The molecule has 7 nitrogen and oxygen atoms in total. The zero-order valence-electron chi connectivity index (χ0n) is 20.5. The van der Waals surface area contributed by atoms with E-state index < -0.39 is 18.1 Å². The van der Waals surface area contributed by atoms with Crippen LogP contribution in [0.3, 0.4) is 0 Å². The first-order valence-corrected chi connectivity index (χ1v) is 12.4. The van der Waals surface area contributed by atoms with E-state index in [9.17, 15) is 19.5 Å². The summed E-state index contributed by atoms with van der Waals surface area (Å²) in [6.07, 6.45) is 19.1. The molecule has 0 aromatic carbocycles. The van der Waals surface area contributed by atoms with Crippen LogP contribution in [0.15, 0.2) is 12.2 Å². The number of hydrogen-bond acceptors (Lipinski definition) is 5. The van der Waals surface area contributed by atoms with Crippen molar-refractivity contribution < 1.29 is 24.2 Å². The lowest BCUT2D eigenvalue weighted by Gasteiger charge is -2.21. The highest BCUT2D eigenvalue weighted by atomic mass is 16.5. The Bertz CT molecular complexity index is 536. The second-order valence-electron chi connectivity index (χ2n) is 8.50. The molecule has 0 aromatic rings. The first kappa shape index (κ1) is 30.1. The van der Waals surface area contributed by atoms with Crippen molar-refractivity contribution in [3.05, 3.63) is 12.2 Å². The van der Waals surface area contributed by atoms with Crippen LogP contribution in [-0.2, 0) is 19.1 Å². The Morgan fingerprint density at radius 2 is 1.38 bits per heavy atom. The van der Waals surface area contributed by atoms with Crippen LogP contribution in [0.5, 0.6) is 0 Å². The molecule has 186 valence electrons. The fourth-order valence-electron chi connectivity index (χ4n) is 3.39. The Balaban J connectivity index is 3.91. The van der Waals surface area contributed by atoms with Crippen molar-refractivity contribution in [1.29, 1.82) is 0 Å². The third-order valence-electron chi connectivity index (χ3n) is 5.26. The van der Waals surface area contributed by atoms with E-state index in [1.54, 1.807) is 6.08 Å². The second-order valence-corrected chi connectivity index (χ2v) is 8.50. The molecule has 0 aliphatic heterocycles. The number of aliphatic hydroxyl groups excluding tert-OH is 1. The van der Waals surface area contributed by atoms with Gasteiger partial charge in [0.1, 0.15) is 13.2 Å². The minimum Gasteiger partial charge on any atom is -0.462 e. The molecule has 0 saturated heterocycles. The van der Waals surface area contributed by atoms with Gasteiger partial charge in [-0.15, -0.1) is 0 Å². The minimum atomic E-state index is -0.954. The topological polar surface area (TPSA) is 105 Å². The maximum atomic E-state index is 11.6. The van der Waals surface area contributed by atoms with E-state index in [-0.39, 0.29) is 25.0 Å². The zero-order chi connectivity index (χ0) is 24.0. The van der Waals surface area contributed by atoms with Crippen LogP contribution in [0, 0.1) is 0 Å². The molecule has 2 unspecified atom stereocenters. The maximum Gasteiger partial charge on any atom is 0.325 e. The van der Waals surface area contributed by atoms with Gasteiger partial charge in [0.05, 0.1) is 12.1 Å². The molecule has 7 heteroatoms. The highest BCUT2D eigenvalue weighted by Crippen LogP contribution is 2.12. The van der Waals surface area contributed by atoms with Crippen molar-refractivity contribution in [2.45, 2.75) is 116 Å². The largest absolute Gasteiger partial charge is 0.462 e. The molecule has 0 aliphatic carbocycles. The number of carbonyl (C=O) groups excluding carboxylic acids is 3. The van der Waals surface area contributed by atoms with Crippen LogP contribution < -0.4 is 10.6 Å². The number of nitrogens with one attached hydrogen (secondary N) is 2. The lowest BCUT2D eigenvalue weighted by atomic mass is 10.0. The number of aliphatic hydroxyl groups is 1. The Morgan fingerprint density at radius 3 is 1.88 bits per heavy atom. The molecule has 32 heavy (non-hydrogen) atoms. The van der Waals surface area contributed by atoms with Crippen LogP contribution in [0.25, 0.3) is 0 Å². The summed E-state index contributed by atoms with van der Waals surface area (Å²) in [5, 5.41) is 15.3. The molecule has 3 N–H and O–H groups in total. The van der Waals surface area contributed by atoms with E-state index in [1.807, 2.05) is 6.08 Å². The summed E-state index contributed by atoms with van der Waals surface area (Å²) >= 11 is 0. The molecule has 0 rings (SSSR count). The van der Waals surface area contributed by atoms with Gasteiger partial charge in [-0.1, -0.05) is 89.7 Å². The van der Waals surface area contributed by atoms with Crippen molar-refractivity contribution in [2.75, 3.05) is 13.2 Å². The fourth-order valence-corrected chi connectivity index (χ4v) is 3.39. The Hall–Kier alpha value is -1.89. The summed E-state index contributed by atoms with van der Waals surface area (Å²) in [5.41, 5.74) is 0. The Morgan fingerprint density at radius 1 is 0.844 bits per heavy atom. The van der Waals surface area contributed by atoms with Crippen LogP contribution in [0.4, 0.5) is 0 Å². The van der Waals surface area contributed by atoms with Gasteiger partial charge in [-0.25, -0.2) is 0 Å². The highest BCUT2D eigenvalue weighted by Gasteiger charge is 2.20. The molecule has 0 heterocycles. The number of esters is 1. The predicted molar refractivity (Wildman–Crippen MR) is 128 cm³/mol. The summed E-state index contributed by atoms with van der Waals surface area (Å²) in [6.45, 7) is 4.49. The third-order valence-corrected chi connectivity index (χ3v) is 5.26. The van der Waals surface area contributed by atoms with Gasteiger partial charge in [0.15, 0.2) is 0 Å². The normalized spacial score (nSPS) is 13.0. The number of allylic oxidation sites excluding steroid dienone is 1. The molecule has 0 aliphatic rings. The van der Waals surface area contributed by atoms with E-state index in [1.165, 1.54) is 84.5 Å². The van der Waals surface area contributed by atoms with Gasteiger partial charge in [0.25, 0.3) is 0 Å². The molecule has 0 fully saturated rings. The summed E-state index contributed by atoms with van der Waals surface area (Å²) in [6, 6.07) is -0.730. The van der Waals surface area contributed by atoms with Gasteiger partial charge in [-0.3, -0.25) is 14.4 Å². The number of unbranched alkanes of at least 4 members (excludes halogenated alkanes) is 12. The van der Waals surface area contributed by atoms with E-state index >= 15 is 0 Å². The number of ether oxygens (including phenoxy) is 1. The Kier molecular flexibility index (Phi) is 19.7. The van der Waals surface area contributed by atoms with Gasteiger partial charge in [0.2, 0.25) is 11.8 Å². The quantitative estimate of drug-likeness (QED) is 0.145. The molecular formula is C25H46N2O5. The van der Waals surface area contributed by atoms with Gasteiger partial charge < -0.3 is 20.5 Å². The second kappa shape index (κ2) is 21.0. The standard InChI is InChI=1S/C25H46N2O5/c1-4-5-6-7-8-9-10-11-12-13-14-15-16-17-18-24(30)23(27-22(3)29)20-32-25(31)19-26-21(2)28/h17-18,23-24,30H,4-16,19-20H2,1-3H3,(H,26,28)(H,27,29)/b18-17+. The zero-order valence-corrected chi connectivity index (χ0v) is 20.5. The van der Waals surface area contributed by atoms with Gasteiger partial charge >= 0.3 is 5.97 Å². The molecule has 0 aromatic heterocycles. The first-order chi connectivity index (χ1) is 15.4. The summed E-state index contributed by atoms with van der Waals surface area (Å²) in [4.78, 5) is 33.8. The lowest BCUT2D eigenvalue weighted by molar-refractivity contribution is -0.145. The van der Waals surface area contributed by atoms with Gasteiger partial charge in [0, 0.05) is 13.8 Å². The van der Waals surface area contributed by atoms with Crippen LogP contribution in [0.1, 0.15) is 104 Å². The van der Waals surface area contributed by atoms with E-state index in [0.717, 1.165) is 12.8 Å². The minimum absolute atomic E-state index is 0.165. The van der Waals surface area contributed by atoms with E-state index in [4.69, 9.17) is 4.74 Å².